The molecule has 0 saturated heterocycles. The predicted molar refractivity (Wildman–Crippen MR) is 53.7 cm³/mol. The smallest absolute Gasteiger partial charge is 0.171 e. The number of nitrogens with zero attached hydrogens (tertiary/aromatic N) is 1. The van der Waals surface area contributed by atoms with Crippen LogP contribution in [-0.2, 0) is 0 Å². The van der Waals surface area contributed by atoms with Crippen molar-refractivity contribution in [1.29, 1.82) is 0 Å². The van der Waals surface area contributed by atoms with Crippen LogP contribution in [0.5, 0.6) is 0 Å². The molecule has 16 heavy (non-hydrogen) atoms. The molecule has 5 heteroatoms. The van der Waals surface area contributed by atoms with Gasteiger partial charge in [-0.15, -0.1) is 0 Å². The summed E-state index contributed by atoms with van der Waals surface area (Å²) in [5.41, 5.74) is -1.58. The predicted octanol–water partition coefficient (Wildman–Crippen LogP) is 3.08. The molecule has 88 valence electrons. The minimum atomic E-state index is -1.42. The molecule has 0 N–H and O–H groups in total. The second-order valence-corrected chi connectivity index (χ2v) is 3.60. The van der Waals surface area contributed by atoms with Gasteiger partial charge in [-0.2, -0.15) is 0 Å². The van der Waals surface area contributed by atoms with Gasteiger partial charge in [0.1, 0.15) is 0 Å². The molecule has 0 aliphatic rings. The molecule has 0 heterocycles. The molecule has 0 unspecified atom stereocenters. The first kappa shape index (κ1) is 12.5. The van der Waals surface area contributed by atoms with Gasteiger partial charge in [0.15, 0.2) is 23.3 Å². The summed E-state index contributed by atoms with van der Waals surface area (Å²) < 4.78 is 53.3. The quantitative estimate of drug-likeness (QED) is 0.560. The van der Waals surface area contributed by atoms with Crippen LogP contribution >= 0.6 is 0 Å². The minimum absolute atomic E-state index is 0.132. The first-order valence-electron chi connectivity index (χ1n) is 4.48. The van der Waals surface area contributed by atoms with Crippen molar-refractivity contribution in [2.75, 3.05) is 14.1 Å². The molecule has 0 aliphatic carbocycles. The molecular formula is C11H11F4N. The lowest BCUT2D eigenvalue weighted by Crippen LogP contribution is -2.14. The Hall–Kier alpha value is -1.52. The van der Waals surface area contributed by atoms with E-state index in [4.69, 9.17) is 0 Å². The van der Waals surface area contributed by atoms with E-state index in [-0.39, 0.29) is 5.70 Å². The summed E-state index contributed by atoms with van der Waals surface area (Å²) in [7, 11) is 2.94. The Balaban J connectivity index is 3.58. The summed E-state index contributed by atoms with van der Waals surface area (Å²) in [5, 5.41) is 0. The van der Waals surface area contributed by atoms with Gasteiger partial charge in [0.25, 0.3) is 0 Å². The maximum Gasteiger partial charge on any atom is 0.171 e. The lowest BCUT2D eigenvalue weighted by Gasteiger charge is -2.18. The monoisotopic (exact) mass is 233 g/mol. The number of halogens is 4. The highest BCUT2D eigenvalue weighted by molar-refractivity contribution is 5.63. The second kappa shape index (κ2) is 4.15. The van der Waals surface area contributed by atoms with Crippen LogP contribution in [0, 0.1) is 30.2 Å². The van der Waals surface area contributed by atoms with Gasteiger partial charge in [-0.3, -0.25) is 0 Å². The summed E-state index contributed by atoms with van der Waals surface area (Å²) in [6, 6.07) is 0. The van der Waals surface area contributed by atoms with Crippen LogP contribution in [0.3, 0.4) is 0 Å². The molecule has 0 radical (unpaired) electrons. The zero-order chi connectivity index (χ0) is 12.6. The summed E-state index contributed by atoms with van der Waals surface area (Å²) in [5.74, 6) is -5.63. The average Bonchev–Trinajstić information content (AvgIpc) is 2.23. The highest BCUT2D eigenvalue weighted by Crippen LogP contribution is 2.28. The van der Waals surface area contributed by atoms with Crippen molar-refractivity contribution in [3.63, 3.8) is 0 Å². The topological polar surface area (TPSA) is 3.24 Å². The van der Waals surface area contributed by atoms with E-state index in [1.165, 1.54) is 19.0 Å². The maximum atomic E-state index is 13.4. The Labute approximate surface area is 91.0 Å². The lowest BCUT2D eigenvalue weighted by atomic mass is 10.1. The van der Waals surface area contributed by atoms with Crippen LogP contribution in [0.15, 0.2) is 6.58 Å². The Kier molecular flexibility index (Phi) is 3.26. The van der Waals surface area contributed by atoms with Crippen LogP contribution in [-0.4, -0.2) is 19.0 Å². The van der Waals surface area contributed by atoms with Crippen molar-refractivity contribution in [3.8, 4) is 0 Å². The molecule has 0 atom stereocenters. The zero-order valence-corrected chi connectivity index (χ0v) is 9.17. The van der Waals surface area contributed by atoms with E-state index in [9.17, 15) is 17.6 Å². The summed E-state index contributed by atoms with van der Waals surface area (Å²) >= 11 is 0. The maximum absolute atomic E-state index is 13.4. The van der Waals surface area contributed by atoms with Crippen molar-refractivity contribution in [2.45, 2.75) is 6.92 Å². The molecule has 1 nitrogen and oxygen atoms in total. The third kappa shape index (κ3) is 1.77. The standard InChI is InChI=1S/C11H11F4N/c1-5-8(12)10(14)7(6(2)16(3)4)11(15)9(5)13/h2H2,1,3-4H3. The van der Waals surface area contributed by atoms with E-state index in [0.717, 1.165) is 6.92 Å². The molecule has 0 amide bonds. The molecule has 1 aromatic carbocycles. The molecule has 0 bridgehead atoms. The van der Waals surface area contributed by atoms with Gasteiger partial charge in [-0.25, -0.2) is 17.6 Å². The normalized spacial score (nSPS) is 10.4. The SMILES string of the molecule is C=C(c1c(F)c(F)c(C)c(F)c1F)N(C)C. The van der Waals surface area contributed by atoms with Crippen LogP contribution in [0.4, 0.5) is 17.6 Å². The number of hydrogen-bond donors (Lipinski definition) is 0. The van der Waals surface area contributed by atoms with E-state index < -0.39 is 34.4 Å². The number of hydrogen-bond acceptors (Lipinski definition) is 1. The highest BCUT2D eigenvalue weighted by Gasteiger charge is 2.25. The van der Waals surface area contributed by atoms with E-state index in [0.29, 0.717) is 0 Å². The molecular weight excluding hydrogens is 222 g/mol. The molecule has 0 aliphatic heterocycles. The van der Waals surface area contributed by atoms with Gasteiger partial charge < -0.3 is 4.90 Å². The number of rotatable bonds is 2. The van der Waals surface area contributed by atoms with E-state index >= 15 is 0 Å². The number of benzene rings is 1. The fourth-order valence-electron chi connectivity index (χ4n) is 1.22. The second-order valence-electron chi connectivity index (χ2n) is 3.60. The van der Waals surface area contributed by atoms with E-state index in [2.05, 4.69) is 6.58 Å². The van der Waals surface area contributed by atoms with E-state index in [1.54, 1.807) is 0 Å². The van der Waals surface area contributed by atoms with Gasteiger partial charge in [-0.05, 0) is 6.92 Å². The van der Waals surface area contributed by atoms with Crippen molar-refractivity contribution >= 4 is 5.70 Å². The summed E-state index contributed by atoms with van der Waals surface area (Å²) in [6.45, 7) is 4.34. The van der Waals surface area contributed by atoms with Gasteiger partial charge in [0, 0.05) is 25.4 Å². The summed E-state index contributed by atoms with van der Waals surface area (Å²) in [4.78, 5) is 1.27. The minimum Gasteiger partial charge on any atom is -0.377 e. The van der Waals surface area contributed by atoms with Crippen LogP contribution in [0.2, 0.25) is 0 Å². The lowest BCUT2D eigenvalue weighted by molar-refractivity contribution is 0.435. The first-order chi connectivity index (χ1) is 7.29. The van der Waals surface area contributed by atoms with Crippen molar-refractivity contribution in [1.82, 2.24) is 4.90 Å². The van der Waals surface area contributed by atoms with E-state index in [1.807, 2.05) is 0 Å². The first-order valence-corrected chi connectivity index (χ1v) is 4.48. The van der Waals surface area contributed by atoms with Crippen LogP contribution in [0.1, 0.15) is 11.1 Å². The molecule has 0 fully saturated rings. The Morgan fingerprint density at radius 1 is 0.938 bits per heavy atom. The molecule has 0 spiro atoms. The molecule has 0 aromatic heterocycles. The van der Waals surface area contributed by atoms with Crippen molar-refractivity contribution in [2.24, 2.45) is 0 Å². The molecule has 1 aromatic rings. The Bertz CT molecular complexity index is 423. The van der Waals surface area contributed by atoms with Gasteiger partial charge in [-0.1, -0.05) is 6.58 Å². The largest absolute Gasteiger partial charge is 0.377 e. The third-order valence-corrected chi connectivity index (χ3v) is 2.31. The van der Waals surface area contributed by atoms with Crippen molar-refractivity contribution in [3.05, 3.63) is 41.0 Å². The molecule has 0 saturated carbocycles. The average molecular weight is 233 g/mol. The highest BCUT2D eigenvalue weighted by atomic mass is 19.2. The fraction of sp³-hybridized carbons (Fsp3) is 0.273. The van der Waals surface area contributed by atoms with Crippen LogP contribution in [0.25, 0.3) is 5.70 Å². The van der Waals surface area contributed by atoms with Gasteiger partial charge in [0.2, 0.25) is 0 Å². The zero-order valence-electron chi connectivity index (χ0n) is 9.17. The van der Waals surface area contributed by atoms with Gasteiger partial charge in [0.05, 0.1) is 5.56 Å². The molecule has 1 rings (SSSR count). The Morgan fingerprint density at radius 3 is 1.62 bits per heavy atom. The third-order valence-electron chi connectivity index (χ3n) is 2.31. The van der Waals surface area contributed by atoms with Crippen molar-refractivity contribution < 1.29 is 17.6 Å². The Morgan fingerprint density at radius 2 is 1.31 bits per heavy atom. The van der Waals surface area contributed by atoms with Crippen LogP contribution < -0.4 is 0 Å². The van der Waals surface area contributed by atoms with Gasteiger partial charge >= 0.3 is 0 Å². The summed E-state index contributed by atoms with van der Waals surface area (Å²) in [6.07, 6.45) is 0. The fourth-order valence-corrected chi connectivity index (χ4v) is 1.22.